The van der Waals surface area contributed by atoms with Crippen LogP contribution >= 0.6 is 11.8 Å². The highest BCUT2D eigenvalue weighted by Gasteiger charge is 2.24. The van der Waals surface area contributed by atoms with Crippen LogP contribution in [0.25, 0.3) is 5.69 Å². The highest BCUT2D eigenvalue weighted by molar-refractivity contribution is 7.99. The van der Waals surface area contributed by atoms with Crippen LogP contribution in [0.5, 0.6) is 0 Å². The van der Waals surface area contributed by atoms with E-state index in [9.17, 15) is 14.4 Å². The second kappa shape index (κ2) is 10.6. The van der Waals surface area contributed by atoms with Gasteiger partial charge in [-0.3, -0.25) is 28.2 Å². The number of aromatic nitrogens is 5. The average Bonchev–Trinajstić information content (AvgIpc) is 3.50. The van der Waals surface area contributed by atoms with E-state index in [2.05, 4.69) is 15.1 Å². The third-order valence-electron chi connectivity index (χ3n) is 6.02. The first kappa shape index (κ1) is 24.9. The molecular formula is C24H31N7O3S. The molecule has 2 N–H and O–H groups in total. The van der Waals surface area contributed by atoms with Gasteiger partial charge in [0.05, 0.1) is 12.3 Å². The molecule has 186 valence electrons. The summed E-state index contributed by atoms with van der Waals surface area (Å²) < 4.78 is 4.19. The van der Waals surface area contributed by atoms with Crippen molar-refractivity contribution in [2.24, 2.45) is 13.0 Å². The van der Waals surface area contributed by atoms with Gasteiger partial charge in [-0.15, -0.1) is 10.2 Å². The second-order valence-corrected chi connectivity index (χ2v) is 10.1. The van der Waals surface area contributed by atoms with Crippen LogP contribution in [0.2, 0.25) is 0 Å². The van der Waals surface area contributed by atoms with E-state index < -0.39 is 17.0 Å². The van der Waals surface area contributed by atoms with E-state index in [0.717, 1.165) is 29.2 Å². The van der Waals surface area contributed by atoms with Crippen LogP contribution in [0.1, 0.15) is 42.9 Å². The normalized spacial score (nSPS) is 14.2. The van der Waals surface area contributed by atoms with E-state index >= 15 is 0 Å². The number of rotatable bonds is 9. The quantitative estimate of drug-likeness (QED) is 0.352. The maximum absolute atomic E-state index is 13.2. The first-order valence-corrected chi connectivity index (χ1v) is 12.7. The summed E-state index contributed by atoms with van der Waals surface area (Å²) >= 11 is 1.20. The molecule has 4 rings (SSSR count). The first-order chi connectivity index (χ1) is 16.8. The Labute approximate surface area is 207 Å². The lowest BCUT2D eigenvalue weighted by atomic mass is 10.2. The number of likely N-dealkylation sites (tertiary alicyclic amines) is 1. The monoisotopic (exact) mass is 497 g/mol. The number of para-hydroxylation sites is 1. The van der Waals surface area contributed by atoms with Crippen molar-refractivity contribution in [3.05, 3.63) is 62.6 Å². The molecule has 0 bridgehead atoms. The summed E-state index contributed by atoms with van der Waals surface area (Å²) in [6.45, 7) is 6.90. The number of Topliss-reactive ketones (excluding diaryl/α,β-unsaturated/α-hetero) is 1. The molecule has 2 aromatic heterocycles. The lowest BCUT2D eigenvalue weighted by Crippen LogP contribution is -2.43. The Balaban J connectivity index is 1.63. The van der Waals surface area contributed by atoms with Gasteiger partial charge in [-0.2, -0.15) is 0 Å². The number of hydrogen-bond donors (Lipinski definition) is 1. The third-order valence-corrected chi connectivity index (χ3v) is 6.95. The fourth-order valence-electron chi connectivity index (χ4n) is 4.26. The zero-order valence-corrected chi connectivity index (χ0v) is 21.1. The van der Waals surface area contributed by atoms with Gasteiger partial charge in [0.25, 0.3) is 5.56 Å². The van der Waals surface area contributed by atoms with Gasteiger partial charge >= 0.3 is 5.69 Å². The molecule has 3 heterocycles. The van der Waals surface area contributed by atoms with Gasteiger partial charge < -0.3 is 5.73 Å². The predicted octanol–water partition coefficient (Wildman–Crippen LogP) is 1.94. The molecule has 1 aliphatic rings. The van der Waals surface area contributed by atoms with Crippen LogP contribution < -0.4 is 17.0 Å². The Hall–Kier alpha value is -3.18. The summed E-state index contributed by atoms with van der Waals surface area (Å²) in [4.78, 5) is 40.9. The molecule has 0 aliphatic carbocycles. The van der Waals surface area contributed by atoms with Gasteiger partial charge in [-0.25, -0.2) is 4.79 Å². The number of thioether (sulfide) groups is 1. The Morgan fingerprint density at radius 1 is 1.11 bits per heavy atom. The number of anilines is 1. The largest absolute Gasteiger partial charge is 0.384 e. The molecule has 0 unspecified atom stereocenters. The lowest BCUT2D eigenvalue weighted by Gasteiger charge is -2.16. The Morgan fingerprint density at radius 3 is 2.46 bits per heavy atom. The molecule has 35 heavy (non-hydrogen) atoms. The van der Waals surface area contributed by atoms with Gasteiger partial charge in [0.15, 0.2) is 16.8 Å². The molecule has 1 saturated heterocycles. The zero-order chi connectivity index (χ0) is 25.1. The van der Waals surface area contributed by atoms with E-state index in [0.29, 0.717) is 18.2 Å². The zero-order valence-electron chi connectivity index (χ0n) is 20.3. The summed E-state index contributed by atoms with van der Waals surface area (Å²) in [7, 11) is 1.36. The van der Waals surface area contributed by atoms with Crippen molar-refractivity contribution in [1.82, 2.24) is 28.8 Å². The molecule has 1 fully saturated rings. The molecule has 1 aromatic carbocycles. The fraction of sp³-hybridized carbons (Fsp3) is 0.458. The van der Waals surface area contributed by atoms with Crippen molar-refractivity contribution >= 4 is 23.4 Å². The van der Waals surface area contributed by atoms with Crippen molar-refractivity contribution in [2.75, 3.05) is 24.6 Å². The number of ketones is 1. The molecular weight excluding hydrogens is 466 g/mol. The lowest BCUT2D eigenvalue weighted by molar-refractivity contribution is 0.102. The standard InChI is InChI=1S/C24H31N7O3S/c1-16(2)13-30-21(25)20(22(33)28(3)24(30)34)18(32)15-35-23-27-26-19(14-29-11-7-8-12-29)31(23)17-9-5-4-6-10-17/h4-6,9-10,16H,7-8,11-15,25H2,1-3H3. The van der Waals surface area contributed by atoms with Crippen molar-refractivity contribution in [2.45, 2.75) is 44.9 Å². The Bertz CT molecular complexity index is 1320. The van der Waals surface area contributed by atoms with Gasteiger partial charge in [0, 0.05) is 19.3 Å². The number of nitrogens with two attached hydrogens (primary N) is 1. The van der Waals surface area contributed by atoms with Crippen LogP contribution in [-0.4, -0.2) is 53.4 Å². The topological polar surface area (TPSA) is 121 Å². The molecule has 0 spiro atoms. The number of nitrogens with zero attached hydrogens (tertiary/aromatic N) is 6. The Morgan fingerprint density at radius 2 is 1.80 bits per heavy atom. The smallest absolute Gasteiger partial charge is 0.332 e. The van der Waals surface area contributed by atoms with Crippen molar-refractivity contribution in [1.29, 1.82) is 0 Å². The first-order valence-electron chi connectivity index (χ1n) is 11.7. The number of benzene rings is 1. The van der Waals surface area contributed by atoms with Crippen LogP contribution in [0.3, 0.4) is 0 Å². The van der Waals surface area contributed by atoms with Gasteiger partial charge in [0.2, 0.25) is 0 Å². The molecule has 0 amide bonds. The van der Waals surface area contributed by atoms with Crippen LogP contribution in [0, 0.1) is 5.92 Å². The average molecular weight is 498 g/mol. The van der Waals surface area contributed by atoms with Crippen molar-refractivity contribution < 1.29 is 4.79 Å². The van der Waals surface area contributed by atoms with E-state index in [1.54, 1.807) is 0 Å². The van der Waals surface area contributed by atoms with E-state index in [1.807, 2.05) is 48.7 Å². The molecule has 0 saturated carbocycles. The maximum Gasteiger partial charge on any atom is 0.332 e. The molecule has 10 nitrogen and oxygen atoms in total. The maximum atomic E-state index is 13.2. The predicted molar refractivity (Wildman–Crippen MR) is 136 cm³/mol. The van der Waals surface area contributed by atoms with Crippen LogP contribution in [0.15, 0.2) is 45.1 Å². The molecule has 3 aromatic rings. The second-order valence-electron chi connectivity index (χ2n) is 9.18. The molecule has 1 aliphatic heterocycles. The SMILES string of the molecule is CC(C)Cn1c(N)c(C(=O)CSc2nnc(CN3CCCC3)n2-c2ccccc2)c(=O)n(C)c1=O. The fourth-order valence-corrected chi connectivity index (χ4v) is 5.11. The van der Waals surface area contributed by atoms with E-state index in [-0.39, 0.29) is 23.1 Å². The van der Waals surface area contributed by atoms with Crippen molar-refractivity contribution in [3.63, 3.8) is 0 Å². The minimum absolute atomic E-state index is 0.0615. The number of nitrogen functional groups attached to an aromatic ring is 1. The molecule has 11 heteroatoms. The minimum atomic E-state index is -0.683. The van der Waals surface area contributed by atoms with Crippen molar-refractivity contribution in [3.8, 4) is 5.69 Å². The summed E-state index contributed by atoms with van der Waals surface area (Å²) in [6, 6.07) is 9.76. The highest BCUT2D eigenvalue weighted by atomic mass is 32.2. The molecule has 0 atom stereocenters. The van der Waals surface area contributed by atoms with Gasteiger partial charge in [0.1, 0.15) is 11.4 Å². The molecule has 0 radical (unpaired) electrons. The summed E-state index contributed by atoms with van der Waals surface area (Å²) in [5.41, 5.74) is 5.70. The van der Waals surface area contributed by atoms with E-state index in [4.69, 9.17) is 5.73 Å². The van der Waals surface area contributed by atoms with Crippen LogP contribution in [-0.2, 0) is 20.1 Å². The number of hydrogen-bond acceptors (Lipinski definition) is 8. The number of carbonyl (C=O) groups excluding carboxylic acids is 1. The third kappa shape index (κ3) is 5.25. The summed E-state index contributed by atoms with van der Waals surface area (Å²) in [6.07, 6.45) is 2.34. The van der Waals surface area contributed by atoms with Gasteiger partial charge in [-0.05, 0) is 44.0 Å². The van der Waals surface area contributed by atoms with Crippen LogP contribution in [0.4, 0.5) is 5.82 Å². The van der Waals surface area contributed by atoms with Gasteiger partial charge in [-0.1, -0.05) is 43.8 Å². The minimum Gasteiger partial charge on any atom is -0.384 e. The number of carbonyl (C=O) groups is 1. The Kier molecular flexibility index (Phi) is 7.56. The van der Waals surface area contributed by atoms with E-state index in [1.165, 1.54) is 36.2 Å². The summed E-state index contributed by atoms with van der Waals surface area (Å²) in [5.74, 6) is 0.316. The summed E-state index contributed by atoms with van der Waals surface area (Å²) in [5, 5.41) is 9.34. The highest BCUT2D eigenvalue weighted by Crippen LogP contribution is 2.25.